The molecule has 0 radical (unpaired) electrons. The molecule has 2 rings (SSSR count). The van der Waals surface area contributed by atoms with Gasteiger partial charge in [-0.3, -0.25) is 9.89 Å². The van der Waals surface area contributed by atoms with Crippen LogP contribution in [0.3, 0.4) is 0 Å². The Morgan fingerprint density at radius 2 is 2.00 bits per heavy atom. The fourth-order valence-electron chi connectivity index (χ4n) is 2.53. The molecular formula is C17H23N3O. The van der Waals surface area contributed by atoms with Gasteiger partial charge in [-0.25, -0.2) is 0 Å². The zero-order valence-corrected chi connectivity index (χ0v) is 12.7. The quantitative estimate of drug-likeness (QED) is 0.799. The SMILES string of the molecule is CCCC(CCC)C(=O)Nc1cccc(-c2ccn[nH]2)c1. The summed E-state index contributed by atoms with van der Waals surface area (Å²) in [6.45, 7) is 4.24. The van der Waals surface area contributed by atoms with Gasteiger partial charge in [-0.15, -0.1) is 0 Å². The summed E-state index contributed by atoms with van der Waals surface area (Å²) in [6.07, 6.45) is 5.68. The number of anilines is 1. The van der Waals surface area contributed by atoms with Gasteiger partial charge in [0.2, 0.25) is 5.91 Å². The molecule has 0 saturated carbocycles. The highest BCUT2D eigenvalue weighted by Crippen LogP contribution is 2.22. The van der Waals surface area contributed by atoms with E-state index in [1.807, 2.05) is 30.3 Å². The van der Waals surface area contributed by atoms with Gasteiger partial charge in [-0.1, -0.05) is 38.8 Å². The van der Waals surface area contributed by atoms with Gasteiger partial charge in [-0.05, 0) is 31.0 Å². The minimum Gasteiger partial charge on any atom is -0.326 e. The Morgan fingerprint density at radius 3 is 2.62 bits per heavy atom. The first-order chi connectivity index (χ1) is 10.2. The van der Waals surface area contributed by atoms with Crippen LogP contribution in [0.2, 0.25) is 0 Å². The highest BCUT2D eigenvalue weighted by molar-refractivity contribution is 5.93. The van der Waals surface area contributed by atoms with E-state index in [0.717, 1.165) is 42.6 Å². The van der Waals surface area contributed by atoms with Crippen molar-refractivity contribution in [2.24, 2.45) is 5.92 Å². The Hall–Kier alpha value is -2.10. The number of hydrogen-bond acceptors (Lipinski definition) is 2. The van der Waals surface area contributed by atoms with Gasteiger partial charge in [0, 0.05) is 23.4 Å². The molecule has 1 aromatic carbocycles. The summed E-state index contributed by atoms with van der Waals surface area (Å²) in [5.41, 5.74) is 2.81. The van der Waals surface area contributed by atoms with Crippen LogP contribution in [0.1, 0.15) is 39.5 Å². The fourth-order valence-corrected chi connectivity index (χ4v) is 2.53. The first-order valence-corrected chi connectivity index (χ1v) is 7.65. The number of benzene rings is 1. The lowest BCUT2D eigenvalue weighted by Crippen LogP contribution is -2.22. The third-order valence-electron chi connectivity index (χ3n) is 3.59. The molecule has 4 nitrogen and oxygen atoms in total. The summed E-state index contributed by atoms with van der Waals surface area (Å²) in [6, 6.07) is 9.75. The van der Waals surface area contributed by atoms with Gasteiger partial charge >= 0.3 is 0 Å². The molecule has 1 heterocycles. The van der Waals surface area contributed by atoms with Gasteiger partial charge < -0.3 is 5.32 Å². The van der Waals surface area contributed by atoms with Crippen molar-refractivity contribution in [2.75, 3.05) is 5.32 Å². The largest absolute Gasteiger partial charge is 0.326 e. The molecule has 0 spiro atoms. The number of carbonyl (C=O) groups is 1. The number of hydrogen-bond donors (Lipinski definition) is 2. The van der Waals surface area contributed by atoms with Crippen LogP contribution in [0, 0.1) is 5.92 Å². The van der Waals surface area contributed by atoms with Crippen molar-refractivity contribution in [2.45, 2.75) is 39.5 Å². The highest BCUT2D eigenvalue weighted by atomic mass is 16.1. The van der Waals surface area contributed by atoms with E-state index in [4.69, 9.17) is 0 Å². The maximum atomic E-state index is 12.4. The van der Waals surface area contributed by atoms with Crippen LogP contribution in [0.4, 0.5) is 5.69 Å². The molecule has 1 aromatic heterocycles. The molecular weight excluding hydrogens is 262 g/mol. The molecule has 0 aliphatic carbocycles. The second kappa shape index (κ2) is 7.62. The van der Waals surface area contributed by atoms with Crippen LogP contribution in [-0.2, 0) is 4.79 Å². The van der Waals surface area contributed by atoms with Gasteiger partial charge in [0.05, 0.1) is 5.69 Å². The lowest BCUT2D eigenvalue weighted by atomic mass is 9.97. The van der Waals surface area contributed by atoms with E-state index in [9.17, 15) is 4.79 Å². The molecule has 112 valence electrons. The number of H-pyrrole nitrogens is 1. The number of nitrogens with zero attached hydrogens (tertiary/aromatic N) is 1. The first kappa shape index (κ1) is 15.3. The van der Waals surface area contributed by atoms with Crippen LogP contribution >= 0.6 is 0 Å². The Balaban J connectivity index is 2.08. The maximum Gasteiger partial charge on any atom is 0.227 e. The second-order valence-electron chi connectivity index (χ2n) is 5.31. The lowest BCUT2D eigenvalue weighted by Gasteiger charge is -2.15. The Bertz CT molecular complexity index is 557. The smallest absolute Gasteiger partial charge is 0.227 e. The summed E-state index contributed by atoms with van der Waals surface area (Å²) in [5, 5.41) is 9.93. The third kappa shape index (κ3) is 4.18. The second-order valence-corrected chi connectivity index (χ2v) is 5.31. The van der Waals surface area contributed by atoms with Crippen LogP contribution in [0.25, 0.3) is 11.3 Å². The van der Waals surface area contributed by atoms with Crippen molar-refractivity contribution < 1.29 is 4.79 Å². The van der Waals surface area contributed by atoms with Crippen LogP contribution in [0.5, 0.6) is 0 Å². The predicted octanol–water partition coefficient (Wildman–Crippen LogP) is 4.23. The number of carbonyl (C=O) groups excluding carboxylic acids is 1. The van der Waals surface area contributed by atoms with Crippen molar-refractivity contribution in [1.82, 2.24) is 10.2 Å². The number of aromatic nitrogens is 2. The number of aromatic amines is 1. The molecule has 1 amide bonds. The summed E-state index contributed by atoms with van der Waals surface area (Å²) in [7, 11) is 0. The lowest BCUT2D eigenvalue weighted by molar-refractivity contribution is -0.120. The van der Waals surface area contributed by atoms with E-state index < -0.39 is 0 Å². The first-order valence-electron chi connectivity index (χ1n) is 7.65. The van der Waals surface area contributed by atoms with E-state index >= 15 is 0 Å². The molecule has 0 saturated heterocycles. The van der Waals surface area contributed by atoms with E-state index in [-0.39, 0.29) is 11.8 Å². The molecule has 2 N–H and O–H groups in total. The van der Waals surface area contributed by atoms with Gasteiger partial charge in [-0.2, -0.15) is 5.10 Å². The van der Waals surface area contributed by atoms with Crippen molar-refractivity contribution >= 4 is 11.6 Å². The molecule has 2 aromatic rings. The highest BCUT2D eigenvalue weighted by Gasteiger charge is 2.16. The van der Waals surface area contributed by atoms with Crippen LogP contribution < -0.4 is 5.32 Å². The van der Waals surface area contributed by atoms with E-state index in [0.29, 0.717) is 0 Å². The van der Waals surface area contributed by atoms with E-state index in [1.165, 1.54) is 0 Å². The molecule has 0 aliphatic heterocycles. The van der Waals surface area contributed by atoms with Crippen molar-refractivity contribution in [1.29, 1.82) is 0 Å². The molecule has 0 atom stereocenters. The molecule has 0 unspecified atom stereocenters. The van der Waals surface area contributed by atoms with Crippen molar-refractivity contribution in [3.05, 3.63) is 36.5 Å². The van der Waals surface area contributed by atoms with E-state index in [1.54, 1.807) is 6.20 Å². The summed E-state index contributed by atoms with van der Waals surface area (Å²) in [4.78, 5) is 12.4. The topological polar surface area (TPSA) is 57.8 Å². The average molecular weight is 285 g/mol. The number of nitrogens with one attached hydrogen (secondary N) is 2. The van der Waals surface area contributed by atoms with Gasteiger partial charge in [0.25, 0.3) is 0 Å². The summed E-state index contributed by atoms with van der Waals surface area (Å²) >= 11 is 0. The third-order valence-corrected chi connectivity index (χ3v) is 3.59. The zero-order chi connectivity index (χ0) is 15.1. The monoisotopic (exact) mass is 285 g/mol. The molecule has 4 heteroatoms. The Morgan fingerprint density at radius 1 is 1.24 bits per heavy atom. The predicted molar refractivity (Wildman–Crippen MR) is 86.0 cm³/mol. The number of amides is 1. The fraction of sp³-hybridized carbons (Fsp3) is 0.412. The summed E-state index contributed by atoms with van der Waals surface area (Å²) in [5.74, 6) is 0.233. The Kier molecular flexibility index (Phi) is 5.55. The van der Waals surface area contributed by atoms with E-state index in [2.05, 4.69) is 29.4 Å². The maximum absolute atomic E-state index is 12.4. The minimum atomic E-state index is 0.107. The van der Waals surface area contributed by atoms with Crippen molar-refractivity contribution in [3.8, 4) is 11.3 Å². The van der Waals surface area contributed by atoms with Crippen LogP contribution in [0.15, 0.2) is 36.5 Å². The summed E-state index contributed by atoms with van der Waals surface area (Å²) < 4.78 is 0. The minimum absolute atomic E-state index is 0.107. The zero-order valence-electron chi connectivity index (χ0n) is 12.7. The average Bonchev–Trinajstić information content (AvgIpc) is 3.01. The van der Waals surface area contributed by atoms with Crippen molar-refractivity contribution in [3.63, 3.8) is 0 Å². The van der Waals surface area contributed by atoms with Gasteiger partial charge in [0.1, 0.15) is 0 Å². The molecule has 0 aliphatic rings. The normalized spacial score (nSPS) is 10.8. The molecule has 0 fully saturated rings. The molecule has 21 heavy (non-hydrogen) atoms. The number of rotatable bonds is 7. The Labute approximate surface area is 126 Å². The molecule has 0 bridgehead atoms. The van der Waals surface area contributed by atoms with Gasteiger partial charge in [0.15, 0.2) is 0 Å². The van der Waals surface area contributed by atoms with Crippen LogP contribution in [-0.4, -0.2) is 16.1 Å². The standard InChI is InChI=1S/C17H23N3O/c1-3-6-13(7-4-2)17(21)19-15-9-5-8-14(12-15)16-10-11-18-20-16/h5,8-13H,3-4,6-7H2,1-2H3,(H,18,20)(H,19,21).